The van der Waals surface area contributed by atoms with Crippen molar-refractivity contribution in [1.29, 1.82) is 0 Å². The van der Waals surface area contributed by atoms with Crippen LogP contribution in [-0.2, 0) is 27.2 Å². The van der Waals surface area contributed by atoms with Gasteiger partial charge in [0.25, 0.3) is 5.91 Å². The van der Waals surface area contributed by atoms with Gasteiger partial charge in [-0.15, -0.1) is 0 Å². The lowest BCUT2D eigenvalue weighted by Crippen LogP contribution is -2.52. The maximum absolute atomic E-state index is 13.5. The monoisotopic (exact) mass is 455 g/mol. The van der Waals surface area contributed by atoms with E-state index in [0.29, 0.717) is 6.42 Å². The Morgan fingerprint density at radius 1 is 0.853 bits per heavy atom. The van der Waals surface area contributed by atoms with Crippen LogP contribution in [0.5, 0.6) is 0 Å². The maximum atomic E-state index is 13.5. The number of benzene rings is 3. The van der Waals surface area contributed by atoms with Crippen molar-refractivity contribution >= 4 is 23.3 Å². The van der Waals surface area contributed by atoms with E-state index in [1.54, 1.807) is 0 Å². The van der Waals surface area contributed by atoms with Crippen LogP contribution in [0.15, 0.2) is 91.0 Å². The average Bonchev–Trinajstić information content (AvgIpc) is 3.29. The highest BCUT2D eigenvalue weighted by molar-refractivity contribution is 6.38. The summed E-state index contributed by atoms with van der Waals surface area (Å²) in [6, 6.07) is 27.9. The molecule has 3 aromatic rings. The van der Waals surface area contributed by atoms with Gasteiger partial charge < -0.3 is 16.0 Å². The Kier molecular flexibility index (Phi) is 7.38. The SMILES string of the molecule is NC(=O)C(=O)C(Cc1ccccc1)NC(=O)C1CC(Cc2ccccc2)CN1c1ccccc1. The zero-order valence-corrected chi connectivity index (χ0v) is 19.0. The first kappa shape index (κ1) is 23.2. The van der Waals surface area contributed by atoms with E-state index in [1.165, 1.54) is 5.56 Å². The highest BCUT2D eigenvalue weighted by atomic mass is 16.2. The van der Waals surface area contributed by atoms with E-state index in [2.05, 4.69) is 22.3 Å². The van der Waals surface area contributed by atoms with Gasteiger partial charge in [0, 0.05) is 18.7 Å². The van der Waals surface area contributed by atoms with Crippen molar-refractivity contribution in [3.05, 3.63) is 102 Å². The zero-order valence-electron chi connectivity index (χ0n) is 19.0. The van der Waals surface area contributed by atoms with E-state index >= 15 is 0 Å². The van der Waals surface area contributed by atoms with Gasteiger partial charge in [-0.2, -0.15) is 0 Å². The van der Waals surface area contributed by atoms with E-state index in [-0.39, 0.29) is 18.2 Å². The molecule has 1 heterocycles. The lowest BCUT2D eigenvalue weighted by molar-refractivity contribution is -0.138. The molecule has 3 aromatic carbocycles. The Bertz CT molecular complexity index is 1120. The standard InChI is InChI=1S/C28H29N3O3/c29-27(33)26(32)24(17-21-12-6-2-7-13-21)30-28(34)25-18-22(16-20-10-4-1-5-11-20)19-31(25)23-14-8-3-9-15-23/h1-15,22,24-25H,16-19H2,(H2,29,33)(H,30,34). The molecule has 0 spiro atoms. The number of carbonyl (C=O) groups excluding carboxylic acids is 3. The van der Waals surface area contributed by atoms with Crippen LogP contribution in [0.2, 0.25) is 0 Å². The van der Waals surface area contributed by atoms with Gasteiger partial charge in [-0.25, -0.2) is 0 Å². The van der Waals surface area contributed by atoms with Crippen molar-refractivity contribution in [2.75, 3.05) is 11.4 Å². The fraction of sp³-hybridized carbons (Fsp3) is 0.250. The number of para-hydroxylation sites is 1. The molecule has 3 N–H and O–H groups in total. The molecule has 1 aliphatic heterocycles. The number of nitrogens with two attached hydrogens (primary N) is 1. The lowest BCUT2D eigenvalue weighted by atomic mass is 9.96. The lowest BCUT2D eigenvalue weighted by Gasteiger charge is -2.27. The van der Waals surface area contributed by atoms with Crippen molar-refractivity contribution in [3.8, 4) is 0 Å². The summed E-state index contributed by atoms with van der Waals surface area (Å²) in [5, 5.41) is 2.84. The molecule has 0 radical (unpaired) electrons. The molecule has 1 fully saturated rings. The third-order valence-corrected chi connectivity index (χ3v) is 6.30. The van der Waals surface area contributed by atoms with E-state index in [9.17, 15) is 14.4 Å². The minimum atomic E-state index is -1.05. The number of primary amides is 1. The molecule has 3 atom stereocenters. The fourth-order valence-electron chi connectivity index (χ4n) is 4.67. The number of nitrogens with one attached hydrogen (secondary N) is 1. The van der Waals surface area contributed by atoms with E-state index in [4.69, 9.17) is 5.73 Å². The quantitative estimate of drug-likeness (QED) is 0.485. The van der Waals surface area contributed by atoms with Gasteiger partial charge in [0.2, 0.25) is 11.7 Å². The largest absolute Gasteiger partial charge is 0.363 e. The second kappa shape index (κ2) is 10.8. The number of hydrogen-bond donors (Lipinski definition) is 2. The first-order valence-electron chi connectivity index (χ1n) is 11.5. The third-order valence-electron chi connectivity index (χ3n) is 6.30. The highest BCUT2D eigenvalue weighted by Crippen LogP contribution is 2.31. The van der Waals surface area contributed by atoms with Crippen LogP contribution in [-0.4, -0.2) is 36.2 Å². The maximum Gasteiger partial charge on any atom is 0.287 e. The molecule has 6 heteroatoms. The highest BCUT2D eigenvalue weighted by Gasteiger charge is 2.38. The van der Waals surface area contributed by atoms with E-state index < -0.39 is 23.8 Å². The van der Waals surface area contributed by atoms with Crippen LogP contribution in [0.4, 0.5) is 5.69 Å². The second-order valence-electron chi connectivity index (χ2n) is 8.77. The average molecular weight is 456 g/mol. The topological polar surface area (TPSA) is 92.5 Å². The predicted molar refractivity (Wildman–Crippen MR) is 132 cm³/mol. The number of rotatable bonds is 9. The third kappa shape index (κ3) is 5.70. The van der Waals surface area contributed by atoms with Gasteiger partial charge in [0.1, 0.15) is 12.1 Å². The predicted octanol–water partition coefficient (Wildman–Crippen LogP) is 2.91. The minimum absolute atomic E-state index is 0.208. The molecule has 174 valence electrons. The molecular formula is C28H29N3O3. The molecule has 0 aliphatic carbocycles. The van der Waals surface area contributed by atoms with Crippen molar-refractivity contribution < 1.29 is 14.4 Å². The van der Waals surface area contributed by atoms with Crippen molar-refractivity contribution in [2.24, 2.45) is 11.7 Å². The second-order valence-corrected chi connectivity index (χ2v) is 8.77. The van der Waals surface area contributed by atoms with Gasteiger partial charge in [0.05, 0.1) is 0 Å². The fourth-order valence-corrected chi connectivity index (χ4v) is 4.67. The van der Waals surface area contributed by atoms with Crippen LogP contribution in [0.25, 0.3) is 0 Å². The molecule has 2 amide bonds. The molecule has 0 bridgehead atoms. The summed E-state index contributed by atoms with van der Waals surface area (Å²) in [5.41, 5.74) is 8.33. The number of nitrogens with zero attached hydrogens (tertiary/aromatic N) is 1. The molecular weight excluding hydrogens is 426 g/mol. The molecule has 1 aliphatic rings. The summed E-state index contributed by atoms with van der Waals surface area (Å²) in [5.74, 6) is -1.83. The Balaban J connectivity index is 1.54. The Hall–Kier alpha value is -3.93. The normalized spacial score (nSPS) is 18.3. The van der Waals surface area contributed by atoms with Crippen molar-refractivity contribution in [1.82, 2.24) is 5.32 Å². The van der Waals surface area contributed by atoms with Gasteiger partial charge >= 0.3 is 0 Å². The first-order valence-corrected chi connectivity index (χ1v) is 11.5. The molecule has 4 rings (SSSR count). The molecule has 0 saturated carbocycles. The number of carbonyl (C=O) groups is 3. The zero-order chi connectivity index (χ0) is 23.9. The van der Waals surface area contributed by atoms with Crippen molar-refractivity contribution in [2.45, 2.75) is 31.3 Å². The first-order chi connectivity index (χ1) is 16.5. The van der Waals surface area contributed by atoms with Gasteiger partial charge in [-0.3, -0.25) is 14.4 Å². The number of anilines is 1. The van der Waals surface area contributed by atoms with Crippen LogP contribution >= 0.6 is 0 Å². The van der Waals surface area contributed by atoms with Gasteiger partial charge in [0.15, 0.2) is 0 Å². The summed E-state index contributed by atoms with van der Waals surface area (Å²) in [7, 11) is 0. The van der Waals surface area contributed by atoms with Gasteiger partial charge in [-0.05, 0) is 42.0 Å². The summed E-state index contributed by atoms with van der Waals surface area (Å²) in [6.45, 7) is 0.726. The van der Waals surface area contributed by atoms with Gasteiger partial charge in [-0.1, -0.05) is 78.9 Å². The number of hydrogen-bond acceptors (Lipinski definition) is 4. The molecule has 6 nitrogen and oxygen atoms in total. The molecule has 0 aromatic heterocycles. The summed E-state index contributed by atoms with van der Waals surface area (Å²) < 4.78 is 0. The van der Waals surface area contributed by atoms with Crippen LogP contribution in [0, 0.1) is 5.92 Å². The summed E-state index contributed by atoms with van der Waals surface area (Å²) in [4.78, 5) is 39.8. The number of amides is 2. The Morgan fingerprint density at radius 3 is 2.00 bits per heavy atom. The van der Waals surface area contributed by atoms with E-state index in [1.807, 2.05) is 78.9 Å². The summed E-state index contributed by atoms with van der Waals surface area (Å²) >= 11 is 0. The smallest absolute Gasteiger partial charge is 0.287 e. The summed E-state index contributed by atoms with van der Waals surface area (Å²) in [6.07, 6.45) is 1.72. The van der Waals surface area contributed by atoms with Crippen LogP contribution < -0.4 is 16.0 Å². The van der Waals surface area contributed by atoms with Crippen LogP contribution in [0.1, 0.15) is 17.5 Å². The Morgan fingerprint density at radius 2 is 1.41 bits per heavy atom. The minimum Gasteiger partial charge on any atom is -0.363 e. The molecule has 3 unspecified atom stereocenters. The molecule has 1 saturated heterocycles. The van der Waals surface area contributed by atoms with E-state index in [0.717, 1.165) is 24.2 Å². The number of Topliss-reactive ketones (excluding diaryl/α,β-unsaturated/α-hetero) is 1. The van der Waals surface area contributed by atoms with Crippen molar-refractivity contribution in [3.63, 3.8) is 0 Å². The number of ketones is 1. The van der Waals surface area contributed by atoms with Crippen LogP contribution in [0.3, 0.4) is 0 Å². The molecule has 34 heavy (non-hydrogen) atoms. The Labute approximate surface area is 199 Å².